The van der Waals surface area contributed by atoms with E-state index in [-0.39, 0.29) is 4.75 Å². The van der Waals surface area contributed by atoms with Crippen molar-refractivity contribution >= 4 is 23.4 Å². The second-order valence-corrected chi connectivity index (χ2v) is 5.32. The molecule has 1 nitrogen and oxygen atoms in total. The maximum absolute atomic E-state index is 9.07. The Morgan fingerprint density at radius 2 is 2.07 bits per heavy atom. The van der Waals surface area contributed by atoms with Gasteiger partial charge in [-0.05, 0) is 31.4 Å². The minimum absolute atomic E-state index is 0.203. The molecule has 0 aliphatic heterocycles. The van der Waals surface area contributed by atoms with Crippen molar-refractivity contribution in [2.24, 2.45) is 0 Å². The summed E-state index contributed by atoms with van der Waals surface area (Å²) < 4.78 is -0.203. The van der Waals surface area contributed by atoms with Crippen molar-refractivity contribution in [2.45, 2.75) is 28.9 Å². The van der Waals surface area contributed by atoms with Crippen molar-refractivity contribution in [1.29, 1.82) is 5.26 Å². The van der Waals surface area contributed by atoms with Gasteiger partial charge >= 0.3 is 0 Å². The molecule has 1 aliphatic carbocycles. The van der Waals surface area contributed by atoms with Crippen LogP contribution in [0.1, 0.15) is 19.3 Å². The zero-order valence-electron chi connectivity index (χ0n) is 7.66. The van der Waals surface area contributed by atoms with Crippen LogP contribution in [0, 0.1) is 11.3 Å². The monoisotopic (exact) mass is 223 g/mol. The van der Waals surface area contributed by atoms with E-state index in [4.69, 9.17) is 16.9 Å². The van der Waals surface area contributed by atoms with Gasteiger partial charge in [0.05, 0.1) is 11.1 Å². The Morgan fingerprint density at radius 3 is 2.57 bits per heavy atom. The molecule has 0 atom stereocenters. The fourth-order valence-electron chi connectivity index (χ4n) is 1.47. The maximum atomic E-state index is 9.07. The highest BCUT2D eigenvalue weighted by Crippen LogP contribution is 2.48. The van der Waals surface area contributed by atoms with Crippen LogP contribution < -0.4 is 0 Å². The first kappa shape index (κ1) is 9.89. The number of halogens is 1. The second kappa shape index (κ2) is 3.84. The number of benzene rings is 1. The third kappa shape index (κ3) is 1.75. The van der Waals surface area contributed by atoms with E-state index in [1.165, 1.54) is 0 Å². The fourth-order valence-corrected chi connectivity index (χ4v) is 3.00. The smallest absolute Gasteiger partial charge is 0.107 e. The third-order valence-corrected chi connectivity index (χ3v) is 4.41. The Kier molecular flexibility index (Phi) is 2.71. The topological polar surface area (TPSA) is 23.8 Å². The maximum Gasteiger partial charge on any atom is 0.107 e. The summed E-state index contributed by atoms with van der Waals surface area (Å²) in [7, 11) is 0. The van der Waals surface area contributed by atoms with E-state index in [9.17, 15) is 0 Å². The Bertz CT molecular complexity index is 379. The molecule has 1 aliphatic rings. The van der Waals surface area contributed by atoms with Crippen molar-refractivity contribution in [2.75, 3.05) is 0 Å². The van der Waals surface area contributed by atoms with Crippen LogP contribution in [0.5, 0.6) is 0 Å². The van der Waals surface area contributed by atoms with Crippen molar-refractivity contribution in [3.8, 4) is 6.07 Å². The first-order valence-electron chi connectivity index (χ1n) is 4.61. The van der Waals surface area contributed by atoms with Gasteiger partial charge < -0.3 is 0 Å². The summed E-state index contributed by atoms with van der Waals surface area (Å²) in [6, 6.07) is 10.1. The van der Waals surface area contributed by atoms with Gasteiger partial charge in [0.15, 0.2) is 0 Å². The lowest BCUT2D eigenvalue weighted by Crippen LogP contribution is -2.30. The van der Waals surface area contributed by atoms with Crippen LogP contribution in [-0.4, -0.2) is 4.75 Å². The van der Waals surface area contributed by atoms with Gasteiger partial charge in [0.1, 0.15) is 4.75 Å². The number of hydrogen-bond acceptors (Lipinski definition) is 2. The van der Waals surface area contributed by atoms with Crippen LogP contribution in [0.25, 0.3) is 0 Å². The van der Waals surface area contributed by atoms with E-state index in [0.717, 1.165) is 29.2 Å². The molecule has 3 heteroatoms. The molecule has 0 N–H and O–H groups in total. The Morgan fingerprint density at radius 1 is 1.36 bits per heavy atom. The van der Waals surface area contributed by atoms with Gasteiger partial charge in [0.2, 0.25) is 0 Å². The number of nitriles is 1. The van der Waals surface area contributed by atoms with Crippen molar-refractivity contribution in [3.63, 3.8) is 0 Å². The lowest BCUT2D eigenvalue weighted by Gasteiger charge is -2.34. The predicted octanol–water partition coefficient (Wildman–Crippen LogP) is 3.88. The molecule has 0 bridgehead atoms. The third-order valence-electron chi connectivity index (χ3n) is 2.51. The summed E-state index contributed by atoms with van der Waals surface area (Å²) in [5, 5.41) is 9.82. The van der Waals surface area contributed by atoms with Crippen molar-refractivity contribution in [1.82, 2.24) is 0 Å². The quantitative estimate of drug-likeness (QED) is 0.760. The number of thioether (sulfide) groups is 1. The highest BCUT2D eigenvalue weighted by atomic mass is 35.5. The molecule has 0 saturated heterocycles. The summed E-state index contributed by atoms with van der Waals surface area (Å²) in [6.07, 6.45) is 3.13. The molecule has 1 aromatic carbocycles. The minimum atomic E-state index is -0.203. The highest BCUT2D eigenvalue weighted by Gasteiger charge is 2.38. The van der Waals surface area contributed by atoms with Crippen molar-refractivity contribution < 1.29 is 0 Å². The van der Waals surface area contributed by atoms with E-state index in [1.807, 2.05) is 24.3 Å². The normalized spacial score (nSPS) is 18.3. The van der Waals surface area contributed by atoms with E-state index in [2.05, 4.69) is 6.07 Å². The fraction of sp³-hybridized carbons (Fsp3) is 0.364. The molecule has 72 valence electrons. The molecule has 1 saturated carbocycles. The average Bonchev–Trinajstić information content (AvgIpc) is 2.14. The lowest BCUT2D eigenvalue weighted by molar-refractivity contribution is 0.440. The Labute approximate surface area is 93.1 Å². The molecule has 14 heavy (non-hydrogen) atoms. The number of nitrogens with zero attached hydrogens (tertiary/aromatic N) is 1. The van der Waals surface area contributed by atoms with E-state index in [0.29, 0.717) is 0 Å². The molecule has 1 aromatic rings. The molecule has 0 unspecified atom stereocenters. The Balaban J connectivity index is 2.19. The first-order chi connectivity index (χ1) is 6.76. The molecule has 0 amide bonds. The van der Waals surface area contributed by atoms with E-state index in [1.54, 1.807) is 11.8 Å². The van der Waals surface area contributed by atoms with Gasteiger partial charge in [-0.15, -0.1) is 11.8 Å². The first-order valence-corrected chi connectivity index (χ1v) is 5.80. The van der Waals surface area contributed by atoms with Gasteiger partial charge in [-0.3, -0.25) is 0 Å². The van der Waals surface area contributed by atoms with Crippen LogP contribution in [0.15, 0.2) is 29.2 Å². The summed E-state index contributed by atoms with van der Waals surface area (Å²) in [4.78, 5) is 1.02. The zero-order chi connectivity index (χ0) is 10.0. The van der Waals surface area contributed by atoms with Crippen molar-refractivity contribution in [3.05, 3.63) is 29.3 Å². The van der Waals surface area contributed by atoms with Crippen LogP contribution in [0.3, 0.4) is 0 Å². The molecule has 0 heterocycles. The van der Waals surface area contributed by atoms with Gasteiger partial charge in [-0.25, -0.2) is 0 Å². The zero-order valence-corrected chi connectivity index (χ0v) is 9.24. The van der Waals surface area contributed by atoms with E-state index < -0.39 is 0 Å². The van der Waals surface area contributed by atoms with Crippen LogP contribution in [-0.2, 0) is 0 Å². The van der Waals surface area contributed by atoms with E-state index >= 15 is 0 Å². The SMILES string of the molecule is N#CC1(Sc2ccccc2Cl)CCC1. The molecule has 0 radical (unpaired) electrons. The van der Waals surface area contributed by atoms with Gasteiger partial charge in [0, 0.05) is 4.90 Å². The van der Waals surface area contributed by atoms with Gasteiger partial charge in [0.25, 0.3) is 0 Å². The second-order valence-electron chi connectivity index (χ2n) is 3.49. The summed E-state index contributed by atoms with van der Waals surface area (Å²) in [6.45, 7) is 0. The molecule has 2 rings (SSSR count). The molecular weight excluding hydrogens is 214 g/mol. The minimum Gasteiger partial charge on any atom is -0.197 e. The van der Waals surface area contributed by atoms with Crippen LogP contribution in [0.2, 0.25) is 5.02 Å². The van der Waals surface area contributed by atoms with Crippen LogP contribution >= 0.6 is 23.4 Å². The molecule has 0 spiro atoms. The largest absolute Gasteiger partial charge is 0.197 e. The number of hydrogen-bond donors (Lipinski definition) is 0. The van der Waals surface area contributed by atoms with Gasteiger partial charge in [-0.2, -0.15) is 5.26 Å². The average molecular weight is 224 g/mol. The lowest BCUT2D eigenvalue weighted by atomic mass is 9.86. The van der Waals surface area contributed by atoms with Gasteiger partial charge in [-0.1, -0.05) is 23.7 Å². The molecule has 0 aromatic heterocycles. The van der Waals surface area contributed by atoms with Crippen LogP contribution in [0.4, 0.5) is 0 Å². The highest BCUT2D eigenvalue weighted by molar-refractivity contribution is 8.01. The number of rotatable bonds is 2. The standard InChI is InChI=1S/C11H10ClNS/c12-9-4-1-2-5-10(9)14-11(8-13)6-3-7-11/h1-2,4-5H,3,6-7H2. The molecule has 1 fully saturated rings. The predicted molar refractivity (Wildman–Crippen MR) is 59.5 cm³/mol. The molecular formula is C11H10ClNS. The summed E-state index contributed by atoms with van der Waals surface area (Å²) in [5.74, 6) is 0. The summed E-state index contributed by atoms with van der Waals surface area (Å²) >= 11 is 7.65. The Hall–Kier alpha value is -0.650. The summed E-state index contributed by atoms with van der Waals surface area (Å²) in [5.41, 5.74) is 0.